The highest BCUT2D eigenvalue weighted by atomic mass is 35.5. The summed E-state index contributed by atoms with van der Waals surface area (Å²) in [5.41, 5.74) is 1.08. The highest BCUT2D eigenvalue weighted by Gasteiger charge is 2.06. The van der Waals surface area contributed by atoms with Crippen LogP contribution in [0.25, 0.3) is 0 Å². The summed E-state index contributed by atoms with van der Waals surface area (Å²) in [6, 6.07) is 5.81. The van der Waals surface area contributed by atoms with Crippen LogP contribution in [0.5, 0.6) is 11.5 Å². The molecule has 5 heteroatoms. The molecule has 0 saturated carbocycles. The van der Waals surface area contributed by atoms with Crippen molar-refractivity contribution < 1.29 is 14.3 Å². The molecule has 0 radical (unpaired) electrons. The molecule has 1 rings (SSSR count). The van der Waals surface area contributed by atoms with E-state index >= 15 is 0 Å². The number of hydrogen-bond acceptors (Lipinski definition) is 3. The third kappa shape index (κ3) is 5.39. The molecule has 1 aromatic rings. The van der Waals surface area contributed by atoms with Crippen molar-refractivity contribution in [3.8, 4) is 11.5 Å². The van der Waals surface area contributed by atoms with E-state index in [0.717, 1.165) is 23.5 Å². The number of carbonyl (C=O) groups excluding carboxylic acids is 1. The fourth-order valence-electron chi connectivity index (χ4n) is 1.64. The van der Waals surface area contributed by atoms with Crippen molar-refractivity contribution in [1.82, 2.24) is 5.32 Å². The van der Waals surface area contributed by atoms with Crippen LogP contribution in [-0.4, -0.2) is 31.5 Å². The van der Waals surface area contributed by atoms with Crippen LogP contribution < -0.4 is 14.8 Å². The molecule has 0 heterocycles. The van der Waals surface area contributed by atoms with E-state index in [0.29, 0.717) is 19.8 Å². The second-order valence-corrected chi connectivity index (χ2v) is 4.15. The van der Waals surface area contributed by atoms with Crippen LogP contribution in [-0.2, 0) is 11.2 Å². The molecule has 0 spiro atoms. The van der Waals surface area contributed by atoms with Crippen molar-refractivity contribution in [2.24, 2.45) is 0 Å². The lowest BCUT2D eigenvalue weighted by atomic mass is 10.1. The average molecular weight is 286 g/mol. The number of rotatable bonds is 8. The van der Waals surface area contributed by atoms with Crippen LogP contribution in [0.3, 0.4) is 0 Å². The number of halogens is 1. The van der Waals surface area contributed by atoms with E-state index in [2.05, 4.69) is 5.32 Å². The Kier molecular flexibility index (Phi) is 7.11. The van der Waals surface area contributed by atoms with Crippen LogP contribution in [0, 0.1) is 0 Å². The highest BCUT2D eigenvalue weighted by Crippen LogP contribution is 2.28. The lowest BCUT2D eigenvalue weighted by Crippen LogP contribution is -2.26. The normalized spacial score (nSPS) is 10.1. The topological polar surface area (TPSA) is 47.6 Å². The first-order valence-corrected chi connectivity index (χ1v) is 6.95. The average Bonchev–Trinajstić information content (AvgIpc) is 2.42. The molecule has 0 aromatic heterocycles. The fourth-order valence-corrected chi connectivity index (χ4v) is 1.74. The van der Waals surface area contributed by atoms with Crippen molar-refractivity contribution in [2.75, 3.05) is 25.6 Å². The Morgan fingerprint density at radius 1 is 1.21 bits per heavy atom. The van der Waals surface area contributed by atoms with E-state index in [-0.39, 0.29) is 11.8 Å². The Morgan fingerprint density at radius 2 is 1.89 bits per heavy atom. The molecule has 0 fully saturated rings. The second kappa shape index (κ2) is 8.64. The molecule has 0 saturated heterocycles. The number of ether oxygens (including phenoxy) is 2. The monoisotopic (exact) mass is 285 g/mol. The van der Waals surface area contributed by atoms with Gasteiger partial charge in [0.2, 0.25) is 5.91 Å². The van der Waals surface area contributed by atoms with Gasteiger partial charge in [0.1, 0.15) is 5.88 Å². The maximum atomic E-state index is 11.0. The third-order valence-corrected chi connectivity index (χ3v) is 2.71. The summed E-state index contributed by atoms with van der Waals surface area (Å²) in [6.07, 6.45) is 0.731. The standard InChI is InChI=1S/C14H20ClNO3/c1-3-18-12-6-5-11(9-13(12)19-4-2)7-8-16-14(17)10-15/h5-6,9H,3-4,7-8,10H2,1-2H3,(H,16,17). The van der Waals surface area contributed by atoms with Crippen molar-refractivity contribution in [3.05, 3.63) is 23.8 Å². The molecular weight excluding hydrogens is 266 g/mol. The number of amides is 1. The first-order chi connectivity index (χ1) is 9.21. The van der Waals surface area contributed by atoms with Crippen LogP contribution in [0.1, 0.15) is 19.4 Å². The molecule has 19 heavy (non-hydrogen) atoms. The summed E-state index contributed by atoms with van der Waals surface area (Å²) in [4.78, 5) is 11.0. The molecule has 1 aromatic carbocycles. The van der Waals surface area contributed by atoms with E-state index < -0.39 is 0 Å². The molecule has 0 atom stereocenters. The van der Waals surface area contributed by atoms with E-state index in [1.54, 1.807) is 0 Å². The molecule has 1 N–H and O–H groups in total. The van der Waals surface area contributed by atoms with Crippen molar-refractivity contribution in [2.45, 2.75) is 20.3 Å². The number of alkyl halides is 1. The Hall–Kier alpha value is -1.42. The second-order valence-electron chi connectivity index (χ2n) is 3.88. The SMILES string of the molecule is CCOc1ccc(CCNC(=O)CCl)cc1OCC. The first-order valence-electron chi connectivity index (χ1n) is 6.42. The van der Waals surface area contributed by atoms with Gasteiger partial charge < -0.3 is 14.8 Å². The Balaban J connectivity index is 2.63. The Bertz CT molecular complexity index is 410. The minimum absolute atomic E-state index is 0.00647. The smallest absolute Gasteiger partial charge is 0.234 e. The zero-order valence-electron chi connectivity index (χ0n) is 11.4. The molecule has 0 bridgehead atoms. The molecule has 0 aliphatic rings. The summed E-state index contributed by atoms with van der Waals surface area (Å²) in [7, 11) is 0. The van der Waals surface area contributed by atoms with Gasteiger partial charge in [-0.3, -0.25) is 4.79 Å². The summed E-state index contributed by atoms with van der Waals surface area (Å²) < 4.78 is 11.0. The number of hydrogen-bond donors (Lipinski definition) is 1. The molecule has 1 amide bonds. The van der Waals surface area contributed by atoms with E-state index in [4.69, 9.17) is 21.1 Å². The van der Waals surface area contributed by atoms with Gasteiger partial charge in [0.05, 0.1) is 13.2 Å². The lowest BCUT2D eigenvalue weighted by Gasteiger charge is -2.12. The maximum Gasteiger partial charge on any atom is 0.234 e. The third-order valence-electron chi connectivity index (χ3n) is 2.47. The molecule has 0 unspecified atom stereocenters. The van der Waals surface area contributed by atoms with Crippen molar-refractivity contribution >= 4 is 17.5 Å². The fraction of sp³-hybridized carbons (Fsp3) is 0.500. The highest BCUT2D eigenvalue weighted by molar-refractivity contribution is 6.27. The van der Waals surface area contributed by atoms with Gasteiger partial charge in [-0.1, -0.05) is 6.07 Å². The predicted molar refractivity (Wildman–Crippen MR) is 76.2 cm³/mol. The molecule has 0 aliphatic heterocycles. The molecular formula is C14H20ClNO3. The number of nitrogens with one attached hydrogen (secondary N) is 1. The zero-order valence-corrected chi connectivity index (χ0v) is 12.1. The largest absolute Gasteiger partial charge is 0.490 e. The lowest BCUT2D eigenvalue weighted by molar-refractivity contribution is -0.118. The van der Waals surface area contributed by atoms with E-state index in [1.165, 1.54) is 0 Å². The minimum Gasteiger partial charge on any atom is -0.490 e. The molecule has 4 nitrogen and oxygen atoms in total. The van der Waals surface area contributed by atoms with Gasteiger partial charge in [-0.2, -0.15) is 0 Å². The zero-order chi connectivity index (χ0) is 14.1. The summed E-state index contributed by atoms with van der Waals surface area (Å²) >= 11 is 5.41. The summed E-state index contributed by atoms with van der Waals surface area (Å²) in [5.74, 6) is 1.33. The van der Waals surface area contributed by atoms with Crippen molar-refractivity contribution in [3.63, 3.8) is 0 Å². The van der Waals surface area contributed by atoms with Gasteiger partial charge in [-0.05, 0) is 38.0 Å². The number of benzene rings is 1. The van der Waals surface area contributed by atoms with Gasteiger partial charge in [0.25, 0.3) is 0 Å². The van der Waals surface area contributed by atoms with Gasteiger partial charge in [0.15, 0.2) is 11.5 Å². The van der Waals surface area contributed by atoms with E-state index in [9.17, 15) is 4.79 Å². The van der Waals surface area contributed by atoms with Gasteiger partial charge in [0, 0.05) is 6.54 Å². The quantitative estimate of drug-likeness (QED) is 0.746. The van der Waals surface area contributed by atoms with Gasteiger partial charge in [-0.25, -0.2) is 0 Å². The van der Waals surface area contributed by atoms with Gasteiger partial charge >= 0.3 is 0 Å². The minimum atomic E-state index is -0.155. The Morgan fingerprint density at radius 3 is 2.53 bits per heavy atom. The predicted octanol–water partition coefficient (Wildman–Crippen LogP) is 2.38. The van der Waals surface area contributed by atoms with E-state index in [1.807, 2.05) is 32.0 Å². The van der Waals surface area contributed by atoms with Gasteiger partial charge in [-0.15, -0.1) is 11.6 Å². The molecule has 106 valence electrons. The Labute approximate surface area is 119 Å². The first kappa shape index (κ1) is 15.6. The summed E-state index contributed by atoms with van der Waals surface area (Å²) in [5, 5.41) is 2.73. The van der Waals surface area contributed by atoms with Crippen LogP contribution in [0.15, 0.2) is 18.2 Å². The van der Waals surface area contributed by atoms with Crippen molar-refractivity contribution in [1.29, 1.82) is 0 Å². The maximum absolute atomic E-state index is 11.0. The van der Waals surface area contributed by atoms with Crippen LogP contribution >= 0.6 is 11.6 Å². The van der Waals surface area contributed by atoms with Crippen LogP contribution in [0.2, 0.25) is 0 Å². The number of carbonyl (C=O) groups is 1. The molecule has 0 aliphatic carbocycles. The van der Waals surface area contributed by atoms with Crippen LogP contribution in [0.4, 0.5) is 0 Å². The summed E-state index contributed by atoms with van der Waals surface area (Å²) in [6.45, 7) is 5.62.